The molecular formula is C31H29F3N4O3. The van der Waals surface area contributed by atoms with Gasteiger partial charge >= 0.3 is 6.18 Å². The molecule has 1 fully saturated rings. The average molecular weight is 563 g/mol. The zero-order valence-corrected chi connectivity index (χ0v) is 22.5. The van der Waals surface area contributed by atoms with Crippen LogP contribution in [0.3, 0.4) is 0 Å². The van der Waals surface area contributed by atoms with E-state index in [4.69, 9.17) is 14.9 Å². The Kier molecular flexibility index (Phi) is 6.72. The molecule has 0 aliphatic heterocycles. The Morgan fingerprint density at radius 3 is 2.46 bits per heavy atom. The average Bonchev–Trinajstić information content (AvgIpc) is 3.60. The monoisotopic (exact) mass is 562 g/mol. The summed E-state index contributed by atoms with van der Waals surface area (Å²) in [6.07, 6.45) is -4.43. The molecule has 6 rings (SSSR count). The maximum Gasteiger partial charge on any atom is 0.433 e. The Bertz CT molecular complexity index is 1740. The van der Waals surface area contributed by atoms with E-state index in [0.29, 0.717) is 10.9 Å². The van der Waals surface area contributed by atoms with Gasteiger partial charge in [-0.05, 0) is 73.4 Å². The van der Waals surface area contributed by atoms with E-state index < -0.39 is 23.6 Å². The highest BCUT2D eigenvalue weighted by Gasteiger charge is 2.46. The van der Waals surface area contributed by atoms with Crippen LogP contribution in [-0.4, -0.2) is 21.2 Å². The Hall–Kier alpha value is -3.99. The fourth-order valence-electron chi connectivity index (χ4n) is 5.18. The number of aliphatic hydroxyl groups is 1. The number of nitrogens with two attached hydrogens (primary N) is 1. The van der Waals surface area contributed by atoms with Gasteiger partial charge in [0.05, 0.1) is 12.6 Å². The number of nitrogens with one attached hydrogen (secondary N) is 1. The number of aromatic nitrogens is 2. The summed E-state index contributed by atoms with van der Waals surface area (Å²) in [6, 6.07) is 19.8. The molecule has 0 amide bonds. The third kappa shape index (κ3) is 5.14. The van der Waals surface area contributed by atoms with Crippen molar-refractivity contribution in [3.63, 3.8) is 0 Å². The van der Waals surface area contributed by atoms with Crippen molar-refractivity contribution in [3.05, 3.63) is 89.4 Å². The van der Waals surface area contributed by atoms with Gasteiger partial charge in [-0.15, -0.1) is 0 Å². The van der Waals surface area contributed by atoms with E-state index in [0.717, 1.165) is 35.2 Å². The van der Waals surface area contributed by atoms with Gasteiger partial charge in [-0.25, -0.2) is 9.97 Å². The Labute approximate surface area is 234 Å². The molecule has 41 heavy (non-hydrogen) atoms. The van der Waals surface area contributed by atoms with Crippen LogP contribution in [0.15, 0.2) is 71.1 Å². The molecule has 5 aromatic rings. The summed E-state index contributed by atoms with van der Waals surface area (Å²) in [5.74, 6) is 0.591. The van der Waals surface area contributed by atoms with E-state index >= 15 is 0 Å². The lowest BCUT2D eigenvalue weighted by molar-refractivity contribution is -0.140. The molecule has 0 bridgehead atoms. The van der Waals surface area contributed by atoms with Gasteiger partial charge in [0.1, 0.15) is 28.4 Å². The van der Waals surface area contributed by atoms with Gasteiger partial charge in [-0.1, -0.05) is 36.4 Å². The molecule has 212 valence electrons. The summed E-state index contributed by atoms with van der Waals surface area (Å²) in [7, 11) is 0. The van der Waals surface area contributed by atoms with Crippen LogP contribution in [0.4, 0.5) is 13.2 Å². The molecule has 0 spiro atoms. The zero-order chi connectivity index (χ0) is 28.9. The normalized spacial score (nSPS) is 15.5. The maximum absolute atomic E-state index is 13.5. The van der Waals surface area contributed by atoms with Gasteiger partial charge in [0.15, 0.2) is 6.23 Å². The van der Waals surface area contributed by atoms with Gasteiger partial charge in [0, 0.05) is 16.5 Å². The summed E-state index contributed by atoms with van der Waals surface area (Å²) < 4.78 is 52.2. The standard InChI is InChI=1S/C31H29F3N4O3/c1-17(2)40-23-11-9-22(21-10-12-25(31(32,33)34)36-26(21)23)29-37-27(24(16-35)41-29)28(39)38-30(13-14-30)20-8-7-18-5-3-4-6-19(18)15-20/h3-12,15,17,28,38-39H,13-14,16,35H2,1-2H3. The molecule has 3 aromatic carbocycles. The van der Waals surface area contributed by atoms with Crippen molar-refractivity contribution in [1.29, 1.82) is 0 Å². The maximum atomic E-state index is 13.5. The van der Waals surface area contributed by atoms with Crippen LogP contribution < -0.4 is 15.8 Å². The van der Waals surface area contributed by atoms with Crippen molar-refractivity contribution in [2.24, 2.45) is 5.73 Å². The molecule has 1 atom stereocenters. The molecule has 0 radical (unpaired) electrons. The summed E-state index contributed by atoms with van der Waals surface area (Å²) in [4.78, 5) is 8.44. The number of ether oxygens (including phenoxy) is 1. The first kappa shape index (κ1) is 27.2. The Balaban J connectivity index is 1.36. The Morgan fingerprint density at radius 1 is 1.02 bits per heavy atom. The van der Waals surface area contributed by atoms with Crippen LogP contribution in [0.5, 0.6) is 5.75 Å². The van der Waals surface area contributed by atoms with Crippen molar-refractivity contribution in [2.75, 3.05) is 0 Å². The predicted molar refractivity (Wildman–Crippen MR) is 149 cm³/mol. The SMILES string of the molecule is CC(C)Oc1ccc(-c2nc(C(O)NC3(c4ccc5ccccc5c4)CC3)c(CN)o2)c2ccc(C(F)(F)F)nc12. The van der Waals surface area contributed by atoms with Crippen molar-refractivity contribution < 1.29 is 27.4 Å². The highest BCUT2D eigenvalue weighted by molar-refractivity contribution is 5.96. The van der Waals surface area contributed by atoms with Crippen molar-refractivity contribution in [3.8, 4) is 17.2 Å². The first-order valence-electron chi connectivity index (χ1n) is 13.4. The number of benzene rings is 3. The summed E-state index contributed by atoms with van der Waals surface area (Å²) in [5, 5.41) is 17.2. The number of halogens is 3. The number of fused-ring (bicyclic) bond motifs is 2. The Morgan fingerprint density at radius 2 is 1.78 bits per heavy atom. The van der Waals surface area contributed by atoms with Crippen LogP contribution in [-0.2, 0) is 18.3 Å². The second-order valence-corrected chi connectivity index (χ2v) is 10.6. The topological polar surface area (TPSA) is 106 Å². The fraction of sp³-hybridized carbons (Fsp3) is 0.290. The second-order valence-electron chi connectivity index (χ2n) is 10.6. The van der Waals surface area contributed by atoms with E-state index in [2.05, 4.69) is 45.6 Å². The summed E-state index contributed by atoms with van der Waals surface area (Å²) in [5.41, 5.74) is 6.23. The van der Waals surface area contributed by atoms with Gasteiger partial charge in [-0.3, -0.25) is 5.32 Å². The number of aliphatic hydroxyl groups excluding tert-OH is 1. The second kappa shape index (κ2) is 10.1. The summed E-state index contributed by atoms with van der Waals surface area (Å²) in [6.45, 7) is 3.52. The number of oxazole rings is 1. The van der Waals surface area contributed by atoms with Gasteiger partial charge < -0.3 is 20.0 Å². The van der Waals surface area contributed by atoms with Gasteiger partial charge in [0.2, 0.25) is 5.89 Å². The van der Waals surface area contributed by atoms with E-state index in [1.54, 1.807) is 26.0 Å². The van der Waals surface area contributed by atoms with Crippen molar-refractivity contribution >= 4 is 21.7 Å². The van der Waals surface area contributed by atoms with E-state index in [1.165, 1.54) is 6.07 Å². The lowest BCUT2D eigenvalue weighted by atomic mass is 10.00. The van der Waals surface area contributed by atoms with Crippen molar-refractivity contribution in [2.45, 2.75) is 57.3 Å². The quantitative estimate of drug-likeness (QED) is 0.184. The number of hydrogen-bond acceptors (Lipinski definition) is 7. The van der Waals surface area contributed by atoms with Crippen molar-refractivity contribution in [1.82, 2.24) is 15.3 Å². The first-order valence-corrected chi connectivity index (χ1v) is 13.4. The lowest BCUT2D eigenvalue weighted by Crippen LogP contribution is -2.33. The molecule has 1 saturated carbocycles. The minimum absolute atomic E-state index is 0.0342. The minimum atomic E-state index is -4.62. The van der Waals surface area contributed by atoms with Crippen LogP contribution >= 0.6 is 0 Å². The number of alkyl halides is 3. The predicted octanol–water partition coefficient (Wildman–Crippen LogP) is 6.58. The number of hydrogen-bond donors (Lipinski definition) is 3. The number of rotatable bonds is 8. The highest BCUT2D eigenvalue weighted by Crippen LogP contribution is 2.48. The van der Waals surface area contributed by atoms with Crippen LogP contribution in [0.25, 0.3) is 33.1 Å². The van der Waals surface area contributed by atoms with Gasteiger partial charge in [-0.2, -0.15) is 13.2 Å². The fourth-order valence-corrected chi connectivity index (χ4v) is 5.18. The smallest absolute Gasteiger partial charge is 0.433 e. The number of nitrogens with zero attached hydrogens (tertiary/aromatic N) is 2. The van der Waals surface area contributed by atoms with Crippen LogP contribution in [0.2, 0.25) is 0 Å². The van der Waals surface area contributed by atoms with E-state index in [-0.39, 0.29) is 41.3 Å². The minimum Gasteiger partial charge on any atom is -0.489 e. The molecule has 2 heterocycles. The third-order valence-corrected chi connectivity index (χ3v) is 7.34. The zero-order valence-electron chi connectivity index (χ0n) is 22.5. The molecule has 1 unspecified atom stereocenters. The molecule has 1 aliphatic carbocycles. The van der Waals surface area contributed by atoms with E-state index in [9.17, 15) is 18.3 Å². The molecule has 1 aliphatic rings. The van der Waals surface area contributed by atoms with Crippen LogP contribution in [0.1, 0.15) is 55.6 Å². The molecule has 10 heteroatoms. The van der Waals surface area contributed by atoms with Crippen LogP contribution in [0, 0.1) is 0 Å². The first-order chi connectivity index (χ1) is 19.6. The lowest BCUT2D eigenvalue weighted by Gasteiger charge is -2.22. The molecule has 0 saturated heterocycles. The third-order valence-electron chi connectivity index (χ3n) is 7.34. The van der Waals surface area contributed by atoms with Gasteiger partial charge in [0.25, 0.3) is 0 Å². The largest absolute Gasteiger partial charge is 0.489 e. The highest BCUT2D eigenvalue weighted by atomic mass is 19.4. The number of pyridine rings is 1. The molecular weight excluding hydrogens is 533 g/mol. The molecule has 7 nitrogen and oxygen atoms in total. The molecule has 2 aromatic heterocycles. The molecule has 4 N–H and O–H groups in total. The van der Waals surface area contributed by atoms with E-state index in [1.807, 2.05) is 12.1 Å². The summed E-state index contributed by atoms with van der Waals surface area (Å²) >= 11 is 0.